The van der Waals surface area contributed by atoms with Crippen LogP contribution in [-0.2, 0) is 9.59 Å². The van der Waals surface area contributed by atoms with E-state index in [1.165, 1.54) is 0 Å². The molecule has 0 rings (SSSR count). The van der Waals surface area contributed by atoms with Crippen LogP contribution in [0.15, 0.2) is 0 Å². The van der Waals surface area contributed by atoms with Crippen LogP contribution in [0.3, 0.4) is 0 Å². The number of nitrogens with two attached hydrogens (primary N) is 1. The second-order valence-corrected chi connectivity index (χ2v) is 4.11. The molecule has 0 aliphatic rings. The van der Waals surface area contributed by atoms with Gasteiger partial charge in [0.25, 0.3) is 0 Å². The SMILES string of the molecule is N[C@H](C=O)CC(=O)NC[C@H](O)[C@@H](O)[C@H](O)[C@H](O)CO. The molecule has 0 aromatic rings. The second-order valence-electron chi connectivity index (χ2n) is 4.11. The van der Waals surface area contributed by atoms with E-state index in [0.29, 0.717) is 6.29 Å². The van der Waals surface area contributed by atoms with Crippen molar-refractivity contribution in [2.45, 2.75) is 36.9 Å². The fourth-order valence-electron chi connectivity index (χ4n) is 1.24. The largest absolute Gasteiger partial charge is 0.394 e. The van der Waals surface area contributed by atoms with E-state index in [1.807, 2.05) is 0 Å². The molecular formula is C10H20N2O7. The molecule has 0 fully saturated rings. The van der Waals surface area contributed by atoms with Crippen LogP contribution < -0.4 is 11.1 Å². The Hall–Kier alpha value is -1.10. The lowest BCUT2D eigenvalue weighted by molar-refractivity contribution is -0.127. The Morgan fingerprint density at radius 3 is 2.16 bits per heavy atom. The molecule has 0 unspecified atom stereocenters. The van der Waals surface area contributed by atoms with Crippen molar-refractivity contribution < 1.29 is 35.1 Å². The van der Waals surface area contributed by atoms with E-state index in [2.05, 4.69) is 5.32 Å². The first-order chi connectivity index (χ1) is 8.83. The molecular weight excluding hydrogens is 260 g/mol. The molecule has 0 aromatic heterocycles. The first kappa shape index (κ1) is 17.9. The van der Waals surface area contributed by atoms with E-state index in [0.717, 1.165) is 0 Å². The van der Waals surface area contributed by atoms with Gasteiger partial charge < -0.3 is 41.4 Å². The van der Waals surface area contributed by atoms with Gasteiger partial charge in [0.2, 0.25) is 5.91 Å². The van der Waals surface area contributed by atoms with Gasteiger partial charge in [0.15, 0.2) is 0 Å². The minimum absolute atomic E-state index is 0.270. The maximum atomic E-state index is 11.2. The van der Waals surface area contributed by atoms with Crippen LogP contribution in [0.4, 0.5) is 0 Å². The van der Waals surface area contributed by atoms with Crippen molar-refractivity contribution in [1.82, 2.24) is 5.32 Å². The number of amides is 1. The highest BCUT2D eigenvalue weighted by atomic mass is 16.4. The summed E-state index contributed by atoms with van der Waals surface area (Å²) in [6.07, 6.45) is -6.53. The minimum Gasteiger partial charge on any atom is -0.394 e. The van der Waals surface area contributed by atoms with Crippen molar-refractivity contribution in [2.75, 3.05) is 13.2 Å². The predicted molar refractivity (Wildman–Crippen MR) is 62.8 cm³/mol. The third-order valence-corrected chi connectivity index (χ3v) is 2.43. The summed E-state index contributed by atoms with van der Waals surface area (Å²) in [6.45, 7) is -1.19. The number of aldehydes is 1. The minimum atomic E-state index is -1.76. The van der Waals surface area contributed by atoms with E-state index >= 15 is 0 Å². The molecule has 0 spiro atoms. The number of rotatable bonds is 9. The zero-order valence-electron chi connectivity index (χ0n) is 10.2. The standard InChI is InChI=1S/C10H20N2O7/c11-5(3-13)1-8(17)12-2-6(15)9(18)10(19)7(16)4-14/h3,5-7,9-10,14-16,18-19H,1-2,4,11H2,(H,12,17)/t5-,6-,7+,9+,10+/m0/s1. The van der Waals surface area contributed by atoms with Gasteiger partial charge in [-0.2, -0.15) is 0 Å². The summed E-state index contributed by atoms with van der Waals surface area (Å²) in [5.74, 6) is -0.608. The average molecular weight is 280 g/mol. The monoisotopic (exact) mass is 280 g/mol. The highest BCUT2D eigenvalue weighted by Crippen LogP contribution is 2.04. The molecule has 0 radical (unpaired) electrons. The van der Waals surface area contributed by atoms with Crippen molar-refractivity contribution in [3.63, 3.8) is 0 Å². The third kappa shape index (κ3) is 6.57. The molecule has 1 amide bonds. The molecule has 8 N–H and O–H groups in total. The zero-order valence-corrected chi connectivity index (χ0v) is 10.2. The Kier molecular flexibility index (Phi) is 8.39. The predicted octanol–water partition coefficient (Wildman–Crippen LogP) is -4.55. The van der Waals surface area contributed by atoms with E-state index in [1.54, 1.807) is 0 Å². The van der Waals surface area contributed by atoms with Gasteiger partial charge in [0.05, 0.1) is 18.8 Å². The summed E-state index contributed by atoms with van der Waals surface area (Å²) in [4.78, 5) is 21.4. The van der Waals surface area contributed by atoms with Crippen molar-refractivity contribution in [2.24, 2.45) is 5.73 Å². The average Bonchev–Trinajstić information content (AvgIpc) is 2.41. The van der Waals surface area contributed by atoms with Gasteiger partial charge in [-0.05, 0) is 0 Å². The number of carbonyl (C=O) groups excluding carboxylic acids is 2. The maximum absolute atomic E-state index is 11.2. The molecule has 112 valence electrons. The Labute approximate surface area is 109 Å². The summed E-state index contributed by atoms with van der Waals surface area (Å²) >= 11 is 0. The molecule has 0 saturated carbocycles. The molecule has 0 aliphatic heterocycles. The van der Waals surface area contributed by atoms with Crippen LogP contribution in [0.25, 0.3) is 0 Å². The molecule has 0 bridgehead atoms. The topological polar surface area (TPSA) is 173 Å². The van der Waals surface area contributed by atoms with Gasteiger partial charge >= 0.3 is 0 Å². The Bertz CT molecular complexity index is 289. The van der Waals surface area contributed by atoms with Crippen LogP contribution >= 0.6 is 0 Å². The maximum Gasteiger partial charge on any atom is 0.222 e. The smallest absolute Gasteiger partial charge is 0.222 e. The van der Waals surface area contributed by atoms with Gasteiger partial charge in [-0.15, -0.1) is 0 Å². The number of aliphatic hydroxyl groups is 5. The van der Waals surface area contributed by atoms with Crippen LogP contribution in [0, 0.1) is 0 Å². The molecule has 0 saturated heterocycles. The van der Waals surface area contributed by atoms with Crippen molar-refractivity contribution in [3.8, 4) is 0 Å². The lowest BCUT2D eigenvalue weighted by Gasteiger charge is -2.25. The van der Waals surface area contributed by atoms with E-state index in [4.69, 9.17) is 15.9 Å². The van der Waals surface area contributed by atoms with Crippen LogP contribution in [0.2, 0.25) is 0 Å². The van der Waals surface area contributed by atoms with Gasteiger partial charge in [-0.25, -0.2) is 0 Å². The second kappa shape index (κ2) is 8.91. The fourth-order valence-corrected chi connectivity index (χ4v) is 1.24. The molecule has 9 heteroatoms. The summed E-state index contributed by atoms with van der Waals surface area (Å²) in [7, 11) is 0. The summed E-state index contributed by atoms with van der Waals surface area (Å²) in [6, 6.07) is -0.955. The van der Waals surface area contributed by atoms with Gasteiger partial charge in [-0.3, -0.25) is 4.79 Å². The Morgan fingerprint density at radius 1 is 1.16 bits per heavy atom. The summed E-state index contributed by atoms with van der Waals surface area (Å²) in [5.41, 5.74) is 5.20. The Balaban J connectivity index is 4.12. The highest BCUT2D eigenvalue weighted by Gasteiger charge is 2.30. The molecule has 0 heterocycles. The quantitative estimate of drug-likeness (QED) is 0.207. The third-order valence-electron chi connectivity index (χ3n) is 2.43. The highest BCUT2D eigenvalue weighted by molar-refractivity contribution is 5.80. The lowest BCUT2D eigenvalue weighted by Crippen LogP contribution is -2.50. The van der Waals surface area contributed by atoms with E-state index < -0.39 is 49.5 Å². The van der Waals surface area contributed by atoms with Crippen molar-refractivity contribution in [1.29, 1.82) is 0 Å². The van der Waals surface area contributed by atoms with E-state index in [-0.39, 0.29) is 6.42 Å². The number of hydrogen-bond acceptors (Lipinski definition) is 8. The molecule has 5 atom stereocenters. The van der Waals surface area contributed by atoms with Crippen molar-refractivity contribution in [3.05, 3.63) is 0 Å². The molecule has 0 aromatic carbocycles. The fraction of sp³-hybridized carbons (Fsp3) is 0.800. The molecule has 9 nitrogen and oxygen atoms in total. The number of carbonyl (C=O) groups is 2. The lowest BCUT2D eigenvalue weighted by atomic mass is 10.0. The van der Waals surface area contributed by atoms with Gasteiger partial charge in [0, 0.05) is 13.0 Å². The van der Waals surface area contributed by atoms with E-state index in [9.17, 15) is 24.9 Å². The molecule has 0 aliphatic carbocycles. The zero-order chi connectivity index (χ0) is 15.0. The van der Waals surface area contributed by atoms with Crippen molar-refractivity contribution >= 4 is 12.2 Å². The van der Waals surface area contributed by atoms with Gasteiger partial charge in [0.1, 0.15) is 24.6 Å². The number of aliphatic hydroxyl groups excluding tert-OH is 5. The summed E-state index contributed by atoms with van der Waals surface area (Å²) < 4.78 is 0. The van der Waals surface area contributed by atoms with Crippen LogP contribution in [-0.4, -0.2) is 81.3 Å². The molecule has 19 heavy (non-hydrogen) atoms. The normalized spacial score (nSPS) is 19.1. The number of hydrogen-bond donors (Lipinski definition) is 7. The van der Waals surface area contributed by atoms with Crippen LogP contribution in [0.5, 0.6) is 0 Å². The number of nitrogens with one attached hydrogen (secondary N) is 1. The van der Waals surface area contributed by atoms with Crippen LogP contribution in [0.1, 0.15) is 6.42 Å². The Morgan fingerprint density at radius 2 is 1.68 bits per heavy atom. The summed E-state index contributed by atoms with van der Waals surface area (Å²) in [5, 5.41) is 48.0. The van der Waals surface area contributed by atoms with Gasteiger partial charge in [-0.1, -0.05) is 0 Å². The first-order valence-corrected chi connectivity index (χ1v) is 5.64. The first-order valence-electron chi connectivity index (χ1n) is 5.64.